The van der Waals surface area contributed by atoms with E-state index in [-0.39, 0.29) is 17.9 Å². The molecule has 1 aromatic carbocycles. The summed E-state index contributed by atoms with van der Waals surface area (Å²) in [6, 6.07) is 7.34. The van der Waals surface area contributed by atoms with E-state index in [2.05, 4.69) is 15.5 Å². The van der Waals surface area contributed by atoms with Crippen LogP contribution in [0.25, 0.3) is 0 Å². The highest BCUT2D eigenvalue weighted by atomic mass is 16.2. The van der Waals surface area contributed by atoms with Gasteiger partial charge < -0.3 is 16.4 Å². The van der Waals surface area contributed by atoms with E-state index in [1.807, 2.05) is 0 Å². The van der Waals surface area contributed by atoms with Crippen LogP contribution in [0.4, 0.5) is 11.4 Å². The van der Waals surface area contributed by atoms with Crippen LogP contribution in [0.1, 0.15) is 19.8 Å². The molecule has 6 nitrogen and oxygen atoms in total. The van der Waals surface area contributed by atoms with E-state index in [1.54, 1.807) is 24.3 Å². The lowest BCUT2D eigenvalue weighted by molar-refractivity contribution is -0.117. The summed E-state index contributed by atoms with van der Waals surface area (Å²) in [7, 11) is 0. The van der Waals surface area contributed by atoms with Gasteiger partial charge in [-0.15, -0.1) is 0 Å². The van der Waals surface area contributed by atoms with Gasteiger partial charge in [0.05, 0.1) is 6.54 Å². The smallest absolute Gasteiger partial charge is 0.238 e. The molecule has 4 N–H and O–H groups in total. The second-order valence-electron chi connectivity index (χ2n) is 5.42. The molecule has 0 aromatic heterocycles. The average Bonchev–Trinajstić information content (AvgIpc) is 2.43. The quantitative estimate of drug-likeness (QED) is 0.772. The maximum Gasteiger partial charge on any atom is 0.238 e. The van der Waals surface area contributed by atoms with Gasteiger partial charge in [-0.1, -0.05) is 0 Å². The molecule has 1 heterocycles. The number of piperidine rings is 1. The molecule has 0 unspecified atom stereocenters. The molecule has 1 aromatic rings. The van der Waals surface area contributed by atoms with Crippen LogP contribution in [0, 0.1) is 0 Å². The minimum absolute atomic E-state index is 0.0299. The summed E-state index contributed by atoms with van der Waals surface area (Å²) >= 11 is 0. The van der Waals surface area contributed by atoms with E-state index in [0.717, 1.165) is 31.6 Å². The highest BCUT2D eigenvalue weighted by molar-refractivity contribution is 5.93. The standard InChI is InChI=1S/C15H22N4O2/c1-11(20)17-13-2-4-14(5-3-13)18-15(21)10-19-8-6-12(16)7-9-19/h2-5,12H,6-10,16H2,1H3,(H,17,20)(H,18,21). The van der Waals surface area contributed by atoms with Gasteiger partial charge in [0.25, 0.3) is 0 Å². The van der Waals surface area contributed by atoms with Crippen LogP contribution in [0.3, 0.4) is 0 Å². The number of likely N-dealkylation sites (tertiary alicyclic amines) is 1. The van der Waals surface area contributed by atoms with Crippen molar-refractivity contribution < 1.29 is 9.59 Å². The van der Waals surface area contributed by atoms with Gasteiger partial charge in [-0.25, -0.2) is 0 Å². The van der Waals surface area contributed by atoms with Crippen molar-refractivity contribution in [2.24, 2.45) is 5.73 Å². The molecule has 0 bridgehead atoms. The molecule has 1 aliphatic rings. The van der Waals surface area contributed by atoms with Crippen LogP contribution >= 0.6 is 0 Å². The zero-order valence-corrected chi connectivity index (χ0v) is 12.3. The molecule has 1 aliphatic heterocycles. The van der Waals surface area contributed by atoms with Gasteiger partial charge in [-0.05, 0) is 37.1 Å². The third kappa shape index (κ3) is 5.17. The lowest BCUT2D eigenvalue weighted by atomic mass is 10.1. The van der Waals surface area contributed by atoms with Crippen LogP contribution in [0.2, 0.25) is 0 Å². The van der Waals surface area contributed by atoms with Gasteiger partial charge >= 0.3 is 0 Å². The number of rotatable bonds is 4. The number of nitrogens with one attached hydrogen (secondary N) is 2. The summed E-state index contributed by atoms with van der Waals surface area (Å²) in [6.07, 6.45) is 1.89. The number of benzene rings is 1. The predicted molar refractivity (Wildman–Crippen MR) is 83.0 cm³/mol. The molecule has 6 heteroatoms. The molecule has 114 valence electrons. The highest BCUT2D eigenvalue weighted by Crippen LogP contribution is 2.14. The monoisotopic (exact) mass is 290 g/mol. The lowest BCUT2D eigenvalue weighted by Crippen LogP contribution is -2.43. The van der Waals surface area contributed by atoms with E-state index in [0.29, 0.717) is 12.2 Å². The van der Waals surface area contributed by atoms with Crippen molar-refractivity contribution in [1.29, 1.82) is 0 Å². The number of hydrogen-bond donors (Lipinski definition) is 3. The molecule has 1 saturated heterocycles. The first-order valence-corrected chi connectivity index (χ1v) is 7.18. The van der Waals surface area contributed by atoms with Crippen molar-refractivity contribution in [3.8, 4) is 0 Å². The van der Waals surface area contributed by atoms with Crippen molar-refractivity contribution in [3.05, 3.63) is 24.3 Å². The summed E-state index contributed by atoms with van der Waals surface area (Å²) in [5.41, 5.74) is 7.28. The maximum atomic E-state index is 12.0. The second-order valence-corrected chi connectivity index (χ2v) is 5.42. The molecular formula is C15H22N4O2. The summed E-state index contributed by atoms with van der Waals surface area (Å²) < 4.78 is 0. The van der Waals surface area contributed by atoms with E-state index in [4.69, 9.17) is 5.73 Å². The van der Waals surface area contributed by atoms with Crippen LogP contribution in [0.15, 0.2) is 24.3 Å². The van der Waals surface area contributed by atoms with Gasteiger partial charge in [0, 0.05) is 37.4 Å². The van der Waals surface area contributed by atoms with Crippen LogP contribution < -0.4 is 16.4 Å². The Hall–Kier alpha value is -1.92. The van der Waals surface area contributed by atoms with Gasteiger partial charge in [-0.3, -0.25) is 14.5 Å². The lowest BCUT2D eigenvalue weighted by Gasteiger charge is -2.29. The Morgan fingerprint density at radius 3 is 2.19 bits per heavy atom. The van der Waals surface area contributed by atoms with Gasteiger partial charge in [0.15, 0.2) is 0 Å². The van der Waals surface area contributed by atoms with E-state index >= 15 is 0 Å². The average molecular weight is 290 g/mol. The van der Waals surface area contributed by atoms with Crippen molar-refractivity contribution in [1.82, 2.24) is 4.90 Å². The summed E-state index contributed by atoms with van der Waals surface area (Å²) in [4.78, 5) is 25.0. The third-order valence-corrected chi connectivity index (χ3v) is 3.49. The fraction of sp³-hybridized carbons (Fsp3) is 0.467. The van der Waals surface area contributed by atoms with Crippen molar-refractivity contribution in [2.75, 3.05) is 30.3 Å². The third-order valence-electron chi connectivity index (χ3n) is 3.49. The molecule has 0 aliphatic carbocycles. The summed E-state index contributed by atoms with van der Waals surface area (Å²) in [5.74, 6) is -0.146. The minimum atomic E-state index is -0.116. The van der Waals surface area contributed by atoms with E-state index in [9.17, 15) is 9.59 Å². The molecule has 2 amide bonds. The molecule has 21 heavy (non-hydrogen) atoms. The van der Waals surface area contributed by atoms with Crippen molar-refractivity contribution in [2.45, 2.75) is 25.8 Å². The maximum absolute atomic E-state index is 12.0. The highest BCUT2D eigenvalue weighted by Gasteiger charge is 2.18. The number of nitrogens with two attached hydrogens (primary N) is 1. The number of carbonyl (C=O) groups excluding carboxylic acids is 2. The van der Waals surface area contributed by atoms with Gasteiger partial charge in [-0.2, -0.15) is 0 Å². The Kier molecular flexibility index (Phi) is 5.30. The molecule has 2 rings (SSSR count). The first-order valence-electron chi connectivity index (χ1n) is 7.18. The zero-order chi connectivity index (χ0) is 15.2. The largest absolute Gasteiger partial charge is 0.328 e. The molecular weight excluding hydrogens is 268 g/mol. The first-order chi connectivity index (χ1) is 10.0. The Morgan fingerprint density at radius 2 is 1.67 bits per heavy atom. The normalized spacial score (nSPS) is 16.5. The summed E-state index contributed by atoms with van der Waals surface area (Å²) in [6.45, 7) is 3.59. The Labute approximate surface area is 124 Å². The van der Waals surface area contributed by atoms with Gasteiger partial charge in [0.2, 0.25) is 11.8 Å². The number of amides is 2. The topological polar surface area (TPSA) is 87.5 Å². The summed E-state index contributed by atoms with van der Waals surface area (Å²) in [5, 5.41) is 5.54. The fourth-order valence-corrected chi connectivity index (χ4v) is 2.35. The molecule has 0 atom stereocenters. The predicted octanol–water partition coefficient (Wildman–Crippen LogP) is 1.01. The SMILES string of the molecule is CC(=O)Nc1ccc(NC(=O)CN2CCC(N)CC2)cc1. The van der Waals surface area contributed by atoms with Crippen LogP contribution in [0.5, 0.6) is 0 Å². The molecule has 0 spiro atoms. The molecule has 0 saturated carbocycles. The van der Waals surface area contributed by atoms with Crippen molar-refractivity contribution in [3.63, 3.8) is 0 Å². The Bertz CT molecular complexity index is 493. The zero-order valence-electron chi connectivity index (χ0n) is 12.3. The number of anilines is 2. The number of carbonyl (C=O) groups is 2. The van der Waals surface area contributed by atoms with E-state index < -0.39 is 0 Å². The van der Waals surface area contributed by atoms with Crippen molar-refractivity contribution >= 4 is 23.2 Å². The fourth-order valence-electron chi connectivity index (χ4n) is 2.35. The van der Waals surface area contributed by atoms with Crippen LogP contribution in [-0.2, 0) is 9.59 Å². The Balaban J connectivity index is 1.80. The second kappa shape index (κ2) is 7.19. The number of nitrogens with zero attached hydrogens (tertiary/aromatic N) is 1. The van der Waals surface area contributed by atoms with Gasteiger partial charge in [0.1, 0.15) is 0 Å². The molecule has 1 fully saturated rings. The first kappa shape index (κ1) is 15.5. The number of hydrogen-bond acceptors (Lipinski definition) is 4. The van der Waals surface area contributed by atoms with Crippen LogP contribution in [-0.4, -0.2) is 42.4 Å². The Morgan fingerprint density at radius 1 is 1.14 bits per heavy atom. The minimum Gasteiger partial charge on any atom is -0.328 e. The van der Waals surface area contributed by atoms with E-state index in [1.165, 1.54) is 6.92 Å². The molecule has 0 radical (unpaired) electrons.